The third-order valence-corrected chi connectivity index (χ3v) is 3.62. The first-order valence-corrected chi connectivity index (χ1v) is 7.18. The van der Waals surface area contributed by atoms with Crippen LogP contribution in [-0.4, -0.2) is 33.3 Å². The lowest BCUT2D eigenvalue weighted by atomic mass is 10.2. The Morgan fingerprint density at radius 3 is 2.86 bits per heavy atom. The number of fused-ring (bicyclic) bond motifs is 1. The van der Waals surface area contributed by atoms with Crippen molar-refractivity contribution >= 4 is 28.2 Å². The molecule has 0 spiro atoms. The summed E-state index contributed by atoms with van der Waals surface area (Å²) >= 11 is 0. The van der Waals surface area contributed by atoms with Crippen LogP contribution in [0.2, 0.25) is 0 Å². The molecule has 0 saturated heterocycles. The normalized spacial score (nSPS) is 14.0. The van der Waals surface area contributed by atoms with Crippen molar-refractivity contribution in [2.45, 2.75) is 18.9 Å². The number of methoxy groups -OCH3 is 1. The Morgan fingerprint density at radius 1 is 1.18 bits per heavy atom. The summed E-state index contributed by atoms with van der Waals surface area (Å²) in [6.07, 6.45) is 5.74. The van der Waals surface area contributed by atoms with Crippen molar-refractivity contribution in [2.75, 3.05) is 17.7 Å². The first kappa shape index (κ1) is 12.9. The van der Waals surface area contributed by atoms with Gasteiger partial charge in [-0.3, -0.25) is 5.10 Å². The van der Waals surface area contributed by atoms with Crippen molar-refractivity contribution in [3.05, 3.63) is 30.7 Å². The van der Waals surface area contributed by atoms with E-state index >= 15 is 0 Å². The van der Waals surface area contributed by atoms with Crippen LogP contribution in [0.5, 0.6) is 5.75 Å². The standard InChI is InChI=1S/C15H16N6O/c1-22-13-5-11-9(7-18-21-11)4-12(13)20-15-6-14(16-8-17-15)19-10-2-3-10/h4-8,10H,2-3H2,1H3,(H,18,21)(H2,16,17,19,20). The van der Waals surface area contributed by atoms with E-state index in [1.54, 1.807) is 19.6 Å². The molecule has 0 amide bonds. The molecule has 1 aliphatic carbocycles. The number of hydrogen-bond acceptors (Lipinski definition) is 6. The summed E-state index contributed by atoms with van der Waals surface area (Å²) in [6.45, 7) is 0. The number of aromatic nitrogens is 4. The Kier molecular flexibility index (Phi) is 3.03. The van der Waals surface area contributed by atoms with Crippen molar-refractivity contribution in [1.82, 2.24) is 20.2 Å². The Bertz CT molecular complexity index is 811. The molecule has 0 bridgehead atoms. The number of hydrogen-bond donors (Lipinski definition) is 3. The third kappa shape index (κ3) is 2.52. The smallest absolute Gasteiger partial charge is 0.144 e. The highest BCUT2D eigenvalue weighted by Gasteiger charge is 2.21. The van der Waals surface area contributed by atoms with Crippen LogP contribution in [0.1, 0.15) is 12.8 Å². The molecule has 7 heteroatoms. The van der Waals surface area contributed by atoms with Gasteiger partial charge in [-0.25, -0.2) is 9.97 Å². The number of rotatable bonds is 5. The van der Waals surface area contributed by atoms with Gasteiger partial charge in [-0.05, 0) is 18.9 Å². The first-order chi connectivity index (χ1) is 10.8. The number of benzene rings is 1. The minimum atomic E-state index is 0.555. The zero-order valence-corrected chi connectivity index (χ0v) is 12.1. The molecule has 22 heavy (non-hydrogen) atoms. The molecule has 3 N–H and O–H groups in total. The van der Waals surface area contributed by atoms with Crippen LogP contribution in [0, 0.1) is 0 Å². The van der Waals surface area contributed by atoms with Gasteiger partial charge in [-0.2, -0.15) is 5.10 Å². The molecule has 112 valence electrons. The van der Waals surface area contributed by atoms with E-state index in [1.165, 1.54) is 12.8 Å². The predicted molar refractivity (Wildman–Crippen MR) is 84.6 cm³/mol. The molecule has 1 aromatic carbocycles. The Hall–Kier alpha value is -2.83. The summed E-state index contributed by atoms with van der Waals surface area (Å²) in [5, 5.41) is 14.6. The van der Waals surface area contributed by atoms with E-state index in [-0.39, 0.29) is 0 Å². The van der Waals surface area contributed by atoms with Crippen LogP contribution >= 0.6 is 0 Å². The molecule has 2 aromatic heterocycles. The Labute approximate surface area is 127 Å². The van der Waals surface area contributed by atoms with Gasteiger partial charge in [0.1, 0.15) is 23.7 Å². The Balaban J connectivity index is 1.64. The van der Waals surface area contributed by atoms with Gasteiger partial charge < -0.3 is 15.4 Å². The quantitative estimate of drug-likeness (QED) is 0.671. The van der Waals surface area contributed by atoms with Crippen LogP contribution < -0.4 is 15.4 Å². The monoisotopic (exact) mass is 296 g/mol. The molecule has 3 aromatic rings. The van der Waals surface area contributed by atoms with Gasteiger partial charge in [0, 0.05) is 23.6 Å². The third-order valence-electron chi connectivity index (χ3n) is 3.62. The van der Waals surface area contributed by atoms with Gasteiger partial charge in [0.2, 0.25) is 0 Å². The summed E-state index contributed by atoms with van der Waals surface area (Å²) in [4.78, 5) is 8.50. The highest BCUT2D eigenvalue weighted by molar-refractivity contribution is 5.86. The Morgan fingerprint density at radius 2 is 2.05 bits per heavy atom. The van der Waals surface area contributed by atoms with Gasteiger partial charge in [0.05, 0.1) is 24.5 Å². The van der Waals surface area contributed by atoms with Crippen LogP contribution in [0.4, 0.5) is 17.3 Å². The molecule has 1 aliphatic rings. The molecule has 1 saturated carbocycles. The van der Waals surface area contributed by atoms with E-state index in [9.17, 15) is 0 Å². The molecule has 1 fully saturated rings. The number of nitrogens with zero attached hydrogens (tertiary/aromatic N) is 3. The second-order valence-corrected chi connectivity index (χ2v) is 5.34. The SMILES string of the molecule is COc1cc2[nH]ncc2cc1Nc1cc(NC2CC2)ncn1. The van der Waals surface area contributed by atoms with Gasteiger partial charge in [-0.15, -0.1) is 0 Å². The van der Waals surface area contributed by atoms with Crippen LogP contribution in [-0.2, 0) is 0 Å². The van der Waals surface area contributed by atoms with Gasteiger partial charge in [0.25, 0.3) is 0 Å². The molecule has 4 rings (SSSR count). The molecule has 7 nitrogen and oxygen atoms in total. The fourth-order valence-corrected chi connectivity index (χ4v) is 2.32. The maximum atomic E-state index is 5.43. The molecule has 0 radical (unpaired) electrons. The number of anilines is 3. The largest absolute Gasteiger partial charge is 0.494 e. The number of aromatic amines is 1. The predicted octanol–water partition coefficient (Wildman–Crippen LogP) is 2.68. The van der Waals surface area contributed by atoms with Crippen molar-refractivity contribution in [2.24, 2.45) is 0 Å². The highest BCUT2D eigenvalue weighted by atomic mass is 16.5. The van der Waals surface area contributed by atoms with Gasteiger partial charge in [-0.1, -0.05) is 0 Å². The lowest BCUT2D eigenvalue weighted by Gasteiger charge is -2.11. The fourth-order valence-electron chi connectivity index (χ4n) is 2.32. The summed E-state index contributed by atoms with van der Waals surface area (Å²) in [5.41, 5.74) is 1.77. The van der Waals surface area contributed by atoms with E-state index < -0.39 is 0 Å². The van der Waals surface area contributed by atoms with E-state index in [2.05, 4.69) is 30.8 Å². The van der Waals surface area contributed by atoms with Crippen molar-refractivity contribution in [1.29, 1.82) is 0 Å². The van der Waals surface area contributed by atoms with E-state index in [4.69, 9.17) is 4.74 Å². The summed E-state index contributed by atoms with van der Waals surface area (Å²) in [7, 11) is 1.64. The average Bonchev–Trinajstić information content (AvgIpc) is 3.22. The summed E-state index contributed by atoms with van der Waals surface area (Å²) in [5.74, 6) is 2.29. The molecule has 0 unspecified atom stereocenters. The molecular weight excluding hydrogens is 280 g/mol. The highest BCUT2D eigenvalue weighted by Crippen LogP contribution is 2.32. The van der Waals surface area contributed by atoms with Crippen molar-refractivity contribution < 1.29 is 4.74 Å². The van der Waals surface area contributed by atoms with Crippen molar-refractivity contribution in [3.63, 3.8) is 0 Å². The van der Waals surface area contributed by atoms with E-state index in [1.807, 2.05) is 18.2 Å². The number of ether oxygens (including phenoxy) is 1. The maximum Gasteiger partial charge on any atom is 0.144 e. The zero-order valence-electron chi connectivity index (χ0n) is 12.1. The lowest BCUT2D eigenvalue weighted by Crippen LogP contribution is -2.04. The first-order valence-electron chi connectivity index (χ1n) is 7.18. The van der Waals surface area contributed by atoms with Crippen molar-refractivity contribution in [3.8, 4) is 5.75 Å². The topological polar surface area (TPSA) is 87.8 Å². The minimum absolute atomic E-state index is 0.555. The lowest BCUT2D eigenvalue weighted by molar-refractivity contribution is 0.417. The summed E-state index contributed by atoms with van der Waals surface area (Å²) < 4.78 is 5.43. The second-order valence-electron chi connectivity index (χ2n) is 5.34. The molecule has 0 atom stereocenters. The zero-order chi connectivity index (χ0) is 14.9. The fraction of sp³-hybridized carbons (Fsp3) is 0.267. The minimum Gasteiger partial charge on any atom is -0.494 e. The average molecular weight is 296 g/mol. The summed E-state index contributed by atoms with van der Waals surface area (Å²) in [6, 6.07) is 6.35. The number of nitrogens with one attached hydrogen (secondary N) is 3. The van der Waals surface area contributed by atoms with Crippen LogP contribution in [0.25, 0.3) is 10.9 Å². The van der Waals surface area contributed by atoms with Gasteiger partial charge >= 0.3 is 0 Å². The van der Waals surface area contributed by atoms with Gasteiger partial charge in [0.15, 0.2) is 0 Å². The van der Waals surface area contributed by atoms with E-state index in [0.717, 1.165) is 34.0 Å². The van der Waals surface area contributed by atoms with Crippen LogP contribution in [0.3, 0.4) is 0 Å². The van der Waals surface area contributed by atoms with Crippen LogP contribution in [0.15, 0.2) is 30.7 Å². The molecule has 2 heterocycles. The number of H-pyrrole nitrogens is 1. The second kappa shape index (κ2) is 5.18. The molecule has 0 aliphatic heterocycles. The molecular formula is C15H16N6O. The maximum absolute atomic E-state index is 5.43. The van der Waals surface area contributed by atoms with E-state index in [0.29, 0.717) is 6.04 Å².